The van der Waals surface area contributed by atoms with Crippen LogP contribution < -0.4 is 10.6 Å². The van der Waals surface area contributed by atoms with Gasteiger partial charge in [-0.1, -0.05) is 24.3 Å². The number of hydrogen-bond donors (Lipinski definition) is 2. The molecule has 3 rings (SSSR count). The fraction of sp³-hybridized carbons (Fsp3) is 0.333. The lowest BCUT2D eigenvalue weighted by Gasteiger charge is -2.27. The van der Waals surface area contributed by atoms with Gasteiger partial charge >= 0.3 is 6.18 Å². The highest BCUT2D eigenvalue weighted by Crippen LogP contribution is 2.32. The van der Waals surface area contributed by atoms with Crippen molar-refractivity contribution in [3.8, 4) is 0 Å². The Labute approximate surface area is 161 Å². The number of carbonyl (C=O) groups excluding carboxylic acids is 2. The second-order valence-corrected chi connectivity index (χ2v) is 6.97. The summed E-state index contributed by atoms with van der Waals surface area (Å²) >= 11 is 0. The average Bonchev–Trinajstić information content (AvgIpc) is 2.68. The van der Waals surface area contributed by atoms with Gasteiger partial charge in [0.15, 0.2) is 0 Å². The standard InChI is InChI=1S/C21H21F3N2O2/c22-21(23,24)16-5-4-8-18(13-16)26-20(28)15-11-9-14(10-12-15)19(27)25-17-6-2-1-3-7-17/h1-8,13-15H,9-12H2,(H,25,27)(H,26,28). The minimum absolute atomic E-state index is 0.0667. The van der Waals surface area contributed by atoms with Crippen molar-refractivity contribution in [2.24, 2.45) is 11.8 Å². The Bertz CT molecular complexity index is 829. The lowest BCUT2D eigenvalue weighted by molar-refractivity contribution is -0.137. The molecule has 2 aromatic carbocycles. The highest BCUT2D eigenvalue weighted by molar-refractivity contribution is 5.94. The van der Waals surface area contributed by atoms with Crippen LogP contribution in [0.1, 0.15) is 31.2 Å². The molecule has 0 aromatic heterocycles. The van der Waals surface area contributed by atoms with Gasteiger partial charge in [0.05, 0.1) is 5.56 Å². The van der Waals surface area contributed by atoms with E-state index in [1.54, 1.807) is 0 Å². The maximum atomic E-state index is 12.8. The second-order valence-electron chi connectivity index (χ2n) is 6.97. The predicted octanol–water partition coefficient (Wildman–Crippen LogP) is 5.09. The third-order valence-corrected chi connectivity index (χ3v) is 4.97. The molecule has 0 radical (unpaired) electrons. The van der Waals surface area contributed by atoms with Crippen LogP contribution in [0.5, 0.6) is 0 Å². The van der Waals surface area contributed by atoms with Gasteiger partial charge in [0.1, 0.15) is 0 Å². The number of alkyl halides is 3. The lowest BCUT2D eigenvalue weighted by atomic mass is 9.81. The van der Waals surface area contributed by atoms with Crippen LogP contribution in [0.4, 0.5) is 24.5 Å². The summed E-state index contributed by atoms with van der Waals surface area (Å²) in [6.07, 6.45) is -2.26. The van der Waals surface area contributed by atoms with Crippen molar-refractivity contribution in [2.75, 3.05) is 10.6 Å². The molecule has 1 fully saturated rings. The Morgan fingerprint density at radius 2 is 1.25 bits per heavy atom. The number of nitrogens with one attached hydrogen (secondary N) is 2. The summed E-state index contributed by atoms with van der Waals surface area (Å²) in [4.78, 5) is 24.8. The van der Waals surface area contributed by atoms with Crippen LogP contribution in [0.15, 0.2) is 54.6 Å². The largest absolute Gasteiger partial charge is 0.416 e. The summed E-state index contributed by atoms with van der Waals surface area (Å²) in [7, 11) is 0. The number of anilines is 2. The highest BCUT2D eigenvalue weighted by Gasteiger charge is 2.32. The lowest BCUT2D eigenvalue weighted by Crippen LogP contribution is -2.32. The first kappa shape index (κ1) is 19.9. The maximum absolute atomic E-state index is 12.8. The molecule has 7 heteroatoms. The van der Waals surface area contributed by atoms with E-state index in [2.05, 4.69) is 10.6 Å². The smallest absolute Gasteiger partial charge is 0.326 e. The van der Waals surface area contributed by atoms with Gasteiger partial charge in [-0.3, -0.25) is 9.59 Å². The van der Waals surface area contributed by atoms with Crippen molar-refractivity contribution in [1.29, 1.82) is 0 Å². The number of benzene rings is 2. The van der Waals surface area contributed by atoms with Crippen LogP contribution in [0.25, 0.3) is 0 Å². The average molecular weight is 390 g/mol. The van der Waals surface area contributed by atoms with Gasteiger partial charge < -0.3 is 10.6 Å². The Morgan fingerprint density at radius 3 is 1.79 bits per heavy atom. The highest BCUT2D eigenvalue weighted by atomic mass is 19.4. The van der Waals surface area contributed by atoms with Crippen LogP contribution in [0, 0.1) is 11.8 Å². The van der Waals surface area contributed by atoms with Crippen molar-refractivity contribution < 1.29 is 22.8 Å². The zero-order valence-corrected chi connectivity index (χ0v) is 15.1. The Balaban J connectivity index is 1.52. The van der Waals surface area contributed by atoms with Crippen molar-refractivity contribution in [2.45, 2.75) is 31.9 Å². The maximum Gasteiger partial charge on any atom is 0.416 e. The van der Waals surface area contributed by atoms with Gasteiger partial charge in [0.2, 0.25) is 11.8 Å². The molecule has 4 nitrogen and oxygen atoms in total. The van der Waals surface area contributed by atoms with Crippen LogP contribution in [-0.4, -0.2) is 11.8 Å². The molecule has 2 amide bonds. The van der Waals surface area contributed by atoms with Crippen molar-refractivity contribution in [3.05, 3.63) is 60.2 Å². The van der Waals surface area contributed by atoms with Gasteiger partial charge in [0, 0.05) is 23.2 Å². The fourth-order valence-corrected chi connectivity index (χ4v) is 3.40. The number of carbonyl (C=O) groups is 2. The molecule has 0 atom stereocenters. The molecule has 1 aliphatic rings. The normalized spacial score (nSPS) is 19.7. The van der Waals surface area contributed by atoms with E-state index in [-0.39, 0.29) is 29.3 Å². The molecule has 148 valence electrons. The van der Waals surface area contributed by atoms with Gasteiger partial charge in [-0.2, -0.15) is 13.2 Å². The van der Waals surface area contributed by atoms with Crippen molar-refractivity contribution >= 4 is 23.2 Å². The summed E-state index contributed by atoms with van der Waals surface area (Å²) in [6.45, 7) is 0. The van der Waals surface area contributed by atoms with Crippen molar-refractivity contribution in [1.82, 2.24) is 0 Å². The Kier molecular flexibility index (Phi) is 6.02. The van der Waals surface area contributed by atoms with Gasteiger partial charge in [0.25, 0.3) is 0 Å². The summed E-state index contributed by atoms with van der Waals surface area (Å²) in [5.74, 6) is -0.850. The fourth-order valence-electron chi connectivity index (χ4n) is 3.40. The van der Waals surface area contributed by atoms with Gasteiger partial charge in [-0.05, 0) is 56.0 Å². The Morgan fingerprint density at radius 1 is 0.750 bits per heavy atom. The number of para-hydroxylation sites is 1. The molecule has 28 heavy (non-hydrogen) atoms. The quantitative estimate of drug-likeness (QED) is 0.764. The third kappa shape index (κ3) is 5.12. The van der Waals surface area contributed by atoms with E-state index >= 15 is 0 Å². The zero-order valence-electron chi connectivity index (χ0n) is 15.1. The molecule has 1 aliphatic carbocycles. The van der Waals surface area contributed by atoms with E-state index < -0.39 is 11.7 Å². The predicted molar refractivity (Wildman–Crippen MR) is 101 cm³/mol. The molecule has 0 aliphatic heterocycles. The van der Waals surface area contributed by atoms with E-state index in [0.717, 1.165) is 17.8 Å². The number of hydrogen-bond acceptors (Lipinski definition) is 2. The van der Waals surface area contributed by atoms with Gasteiger partial charge in [-0.25, -0.2) is 0 Å². The molecule has 1 saturated carbocycles. The van der Waals surface area contributed by atoms with Crippen LogP contribution in [-0.2, 0) is 15.8 Å². The molecule has 0 spiro atoms. The number of amides is 2. The van der Waals surface area contributed by atoms with E-state index in [1.165, 1.54) is 12.1 Å². The number of halogens is 3. The zero-order chi connectivity index (χ0) is 20.1. The molecular weight excluding hydrogens is 369 g/mol. The minimum Gasteiger partial charge on any atom is -0.326 e. The summed E-state index contributed by atoms with van der Waals surface area (Å²) < 4.78 is 38.4. The first-order valence-corrected chi connectivity index (χ1v) is 9.17. The first-order chi connectivity index (χ1) is 13.3. The van der Waals surface area contributed by atoms with Crippen LogP contribution in [0.3, 0.4) is 0 Å². The molecule has 0 heterocycles. The van der Waals surface area contributed by atoms with Crippen molar-refractivity contribution in [3.63, 3.8) is 0 Å². The van der Waals surface area contributed by atoms with E-state index in [9.17, 15) is 22.8 Å². The number of rotatable bonds is 4. The molecule has 0 bridgehead atoms. The van der Waals surface area contributed by atoms with E-state index in [1.807, 2.05) is 30.3 Å². The van der Waals surface area contributed by atoms with E-state index in [0.29, 0.717) is 25.7 Å². The molecular formula is C21H21F3N2O2. The Hall–Kier alpha value is -2.83. The summed E-state index contributed by atoms with van der Waals surface area (Å²) in [5.41, 5.74) is 0.0623. The minimum atomic E-state index is -4.45. The third-order valence-electron chi connectivity index (χ3n) is 4.97. The van der Waals surface area contributed by atoms with Crippen LogP contribution in [0.2, 0.25) is 0 Å². The van der Waals surface area contributed by atoms with Gasteiger partial charge in [-0.15, -0.1) is 0 Å². The van der Waals surface area contributed by atoms with E-state index in [4.69, 9.17) is 0 Å². The molecule has 2 N–H and O–H groups in total. The summed E-state index contributed by atoms with van der Waals surface area (Å²) in [6, 6.07) is 13.8. The molecule has 2 aromatic rings. The first-order valence-electron chi connectivity index (χ1n) is 9.17. The second kappa shape index (κ2) is 8.46. The molecule has 0 unspecified atom stereocenters. The SMILES string of the molecule is O=C(Nc1ccccc1)C1CCC(C(=O)Nc2cccc(C(F)(F)F)c2)CC1. The topological polar surface area (TPSA) is 58.2 Å². The molecule has 0 saturated heterocycles. The monoisotopic (exact) mass is 390 g/mol. The van der Waals surface area contributed by atoms with Crippen LogP contribution >= 0.6 is 0 Å². The summed E-state index contributed by atoms with van der Waals surface area (Å²) in [5, 5.41) is 5.44.